The van der Waals surface area contributed by atoms with Crippen molar-refractivity contribution in [1.82, 2.24) is 5.32 Å². The summed E-state index contributed by atoms with van der Waals surface area (Å²) >= 11 is 0. The molecule has 20 heavy (non-hydrogen) atoms. The molecule has 5 nitrogen and oxygen atoms in total. The number of amidine groups is 1. The van der Waals surface area contributed by atoms with E-state index in [9.17, 15) is 4.79 Å². The van der Waals surface area contributed by atoms with Gasteiger partial charge in [-0.1, -0.05) is 29.4 Å². The molecule has 108 valence electrons. The minimum atomic E-state index is -0.129. The highest BCUT2D eigenvalue weighted by molar-refractivity contribution is 5.83. The Bertz CT molecular complexity index is 514. The molecule has 1 aliphatic carbocycles. The second-order valence-corrected chi connectivity index (χ2v) is 5.41. The summed E-state index contributed by atoms with van der Waals surface area (Å²) in [5.74, 6) is 0.198. The lowest BCUT2D eigenvalue weighted by Crippen LogP contribution is -2.41. The third-order valence-corrected chi connectivity index (χ3v) is 3.75. The first-order valence-corrected chi connectivity index (χ1v) is 6.93. The maximum atomic E-state index is 12.2. The summed E-state index contributed by atoms with van der Waals surface area (Å²) in [5, 5.41) is 14.4. The fraction of sp³-hybridized carbons (Fsp3) is 0.467. The van der Waals surface area contributed by atoms with Gasteiger partial charge < -0.3 is 16.3 Å². The number of carbonyl (C=O) groups excluding carboxylic acids is 1. The summed E-state index contributed by atoms with van der Waals surface area (Å²) in [6.45, 7) is 1.85. The van der Waals surface area contributed by atoms with Gasteiger partial charge in [0.25, 0.3) is 0 Å². The van der Waals surface area contributed by atoms with Crippen molar-refractivity contribution in [3.63, 3.8) is 0 Å². The Hall–Kier alpha value is -2.04. The van der Waals surface area contributed by atoms with E-state index in [1.54, 1.807) is 0 Å². The molecule has 0 saturated heterocycles. The molecule has 2 atom stereocenters. The molecule has 0 heterocycles. The van der Waals surface area contributed by atoms with Crippen molar-refractivity contribution < 1.29 is 10.0 Å². The minimum Gasteiger partial charge on any atom is -0.409 e. The number of benzene rings is 1. The number of fused-ring (bicyclic) bond motifs is 1. The van der Waals surface area contributed by atoms with Crippen LogP contribution in [0.4, 0.5) is 0 Å². The molecule has 0 aliphatic heterocycles. The van der Waals surface area contributed by atoms with Crippen molar-refractivity contribution >= 4 is 11.7 Å². The maximum Gasteiger partial charge on any atom is 0.223 e. The molecule has 0 fully saturated rings. The topological polar surface area (TPSA) is 87.7 Å². The van der Waals surface area contributed by atoms with Gasteiger partial charge in [0.15, 0.2) is 0 Å². The standard InChI is InChI=1S/C15H21N3O2/c1-10(8-14(16)18-20)17-15(19)13-7-6-11-4-2-3-5-12(11)9-13/h2-5,10,13,20H,6-9H2,1H3,(H2,16,18)(H,17,19). The highest BCUT2D eigenvalue weighted by atomic mass is 16.4. The second kappa shape index (κ2) is 6.41. The highest BCUT2D eigenvalue weighted by Crippen LogP contribution is 2.25. The first-order valence-electron chi connectivity index (χ1n) is 6.93. The fourth-order valence-corrected chi connectivity index (χ4v) is 2.69. The highest BCUT2D eigenvalue weighted by Gasteiger charge is 2.25. The van der Waals surface area contributed by atoms with Crippen LogP contribution >= 0.6 is 0 Å². The first-order chi connectivity index (χ1) is 9.60. The van der Waals surface area contributed by atoms with Crippen LogP contribution in [0.5, 0.6) is 0 Å². The maximum absolute atomic E-state index is 12.2. The van der Waals surface area contributed by atoms with Crippen LogP contribution in [0.25, 0.3) is 0 Å². The van der Waals surface area contributed by atoms with Gasteiger partial charge in [-0.05, 0) is 37.3 Å². The minimum absolute atomic E-state index is 0.0136. The molecule has 1 aromatic carbocycles. The molecule has 0 radical (unpaired) electrons. The zero-order chi connectivity index (χ0) is 14.5. The number of aryl methyl sites for hydroxylation is 1. The quantitative estimate of drug-likeness (QED) is 0.336. The molecule has 0 saturated carbocycles. The van der Waals surface area contributed by atoms with E-state index in [4.69, 9.17) is 10.9 Å². The van der Waals surface area contributed by atoms with Crippen LogP contribution in [0, 0.1) is 5.92 Å². The molecular weight excluding hydrogens is 254 g/mol. The predicted molar refractivity (Wildman–Crippen MR) is 77.6 cm³/mol. The zero-order valence-corrected chi connectivity index (χ0v) is 11.7. The van der Waals surface area contributed by atoms with Gasteiger partial charge in [-0.15, -0.1) is 0 Å². The number of nitrogens with zero attached hydrogens (tertiary/aromatic N) is 1. The van der Waals surface area contributed by atoms with Crippen LogP contribution < -0.4 is 11.1 Å². The van der Waals surface area contributed by atoms with E-state index < -0.39 is 0 Å². The van der Waals surface area contributed by atoms with Crippen LogP contribution in [-0.2, 0) is 17.6 Å². The van der Waals surface area contributed by atoms with Crippen LogP contribution in [0.15, 0.2) is 29.4 Å². The van der Waals surface area contributed by atoms with E-state index in [1.165, 1.54) is 11.1 Å². The van der Waals surface area contributed by atoms with Gasteiger partial charge in [-0.3, -0.25) is 4.79 Å². The van der Waals surface area contributed by atoms with Crippen molar-refractivity contribution in [2.75, 3.05) is 0 Å². The molecule has 1 amide bonds. The van der Waals surface area contributed by atoms with Crippen molar-refractivity contribution in [3.05, 3.63) is 35.4 Å². The molecule has 4 N–H and O–H groups in total. The molecule has 5 heteroatoms. The summed E-state index contributed by atoms with van der Waals surface area (Å²) in [5.41, 5.74) is 8.06. The predicted octanol–water partition coefficient (Wildman–Crippen LogP) is 1.43. The number of nitrogens with two attached hydrogens (primary N) is 1. The largest absolute Gasteiger partial charge is 0.409 e. The number of rotatable bonds is 4. The van der Waals surface area contributed by atoms with Crippen molar-refractivity contribution in [2.45, 2.75) is 38.6 Å². The Kier molecular flexibility index (Phi) is 4.61. The van der Waals surface area contributed by atoms with Crippen molar-refractivity contribution in [1.29, 1.82) is 0 Å². The van der Waals surface area contributed by atoms with E-state index in [2.05, 4.69) is 22.6 Å². The van der Waals surface area contributed by atoms with Crippen LogP contribution in [0.3, 0.4) is 0 Å². The molecule has 2 unspecified atom stereocenters. The van der Waals surface area contributed by atoms with E-state index in [0.29, 0.717) is 6.42 Å². The second-order valence-electron chi connectivity index (χ2n) is 5.41. The molecule has 0 spiro atoms. The Morgan fingerprint density at radius 3 is 2.90 bits per heavy atom. The SMILES string of the molecule is CC(C/C(N)=N/O)NC(=O)C1CCc2ccccc2C1. The summed E-state index contributed by atoms with van der Waals surface area (Å²) in [4.78, 5) is 12.2. The number of oxime groups is 1. The lowest BCUT2D eigenvalue weighted by atomic mass is 9.83. The third-order valence-electron chi connectivity index (χ3n) is 3.75. The molecular formula is C15H21N3O2. The van der Waals surface area contributed by atoms with Gasteiger partial charge in [0.2, 0.25) is 5.91 Å². The molecule has 0 aromatic heterocycles. The lowest BCUT2D eigenvalue weighted by molar-refractivity contribution is -0.125. The average Bonchev–Trinajstić information content (AvgIpc) is 2.46. The smallest absolute Gasteiger partial charge is 0.223 e. The van der Waals surface area contributed by atoms with Crippen LogP contribution in [0.1, 0.15) is 30.9 Å². The Morgan fingerprint density at radius 1 is 1.50 bits per heavy atom. The van der Waals surface area contributed by atoms with Crippen LogP contribution in [-0.4, -0.2) is 23.0 Å². The van der Waals surface area contributed by atoms with Crippen molar-refractivity contribution in [3.8, 4) is 0 Å². The monoisotopic (exact) mass is 275 g/mol. The number of amides is 1. The lowest BCUT2D eigenvalue weighted by Gasteiger charge is -2.25. The molecule has 1 aliphatic rings. The Labute approximate surface area is 118 Å². The summed E-state index contributed by atoms with van der Waals surface area (Å²) in [6.07, 6.45) is 2.96. The zero-order valence-electron chi connectivity index (χ0n) is 11.7. The number of hydrogen-bond acceptors (Lipinski definition) is 3. The van der Waals surface area contributed by atoms with Crippen LogP contribution in [0.2, 0.25) is 0 Å². The first kappa shape index (κ1) is 14.4. The van der Waals surface area contributed by atoms with Gasteiger partial charge in [-0.25, -0.2) is 0 Å². The number of carbonyl (C=O) groups is 1. The van der Waals surface area contributed by atoms with Gasteiger partial charge >= 0.3 is 0 Å². The van der Waals surface area contributed by atoms with Gasteiger partial charge in [-0.2, -0.15) is 0 Å². The summed E-state index contributed by atoms with van der Waals surface area (Å²) in [6, 6.07) is 8.15. The summed E-state index contributed by atoms with van der Waals surface area (Å²) in [7, 11) is 0. The molecule has 2 rings (SSSR count). The van der Waals surface area contributed by atoms with Gasteiger partial charge in [0.1, 0.15) is 5.84 Å². The molecule has 0 bridgehead atoms. The fourth-order valence-electron chi connectivity index (χ4n) is 2.69. The number of hydrogen-bond donors (Lipinski definition) is 3. The number of nitrogens with one attached hydrogen (secondary N) is 1. The van der Waals surface area contributed by atoms with Gasteiger partial charge in [0, 0.05) is 18.4 Å². The van der Waals surface area contributed by atoms with E-state index in [-0.39, 0.29) is 23.7 Å². The van der Waals surface area contributed by atoms with Gasteiger partial charge in [0.05, 0.1) is 0 Å². The Balaban J connectivity index is 1.91. The average molecular weight is 275 g/mol. The van der Waals surface area contributed by atoms with E-state index in [1.807, 2.05) is 19.1 Å². The summed E-state index contributed by atoms with van der Waals surface area (Å²) < 4.78 is 0. The van der Waals surface area contributed by atoms with Crippen molar-refractivity contribution in [2.24, 2.45) is 16.8 Å². The Morgan fingerprint density at radius 2 is 2.20 bits per heavy atom. The molecule has 1 aromatic rings. The van der Waals surface area contributed by atoms with E-state index >= 15 is 0 Å². The van der Waals surface area contributed by atoms with E-state index in [0.717, 1.165) is 19.3 Å². The normalized spacial score (nSPS) is 20.1. The third kappa shape index (κ3) is 3.50.